The van der Waals surface area contributed by atoms with Crippen LogP contribution in [0.5, 0.6) is 0 Å². The number of likely N-dealkylation sites (tertiary alicyclic amines) is 1. The molecule has 7 heteroatoms. The van der Waals surface area contributed by atoms with E-state index in [0.717, 1.165) is 41.0 Å². The number of carbonyl (C=O) groups excluding carboxylic acids is 2. The zero-order valence-electron chi connectivity index (χ0n) is 18.7. The number of anilines is 2. The van der Waals surface area contributed by atoms with Gasteiger partial charge >= 0.3 is 0 Å². The Balaban J connectivity index is 1.54. The first-order valence-corrected chi connectivity index (χ1v) is 11.2. The van der Waals surface area contributed by atoms with Crippen LogP contribution in [0, 0.1) is 0 Å². The largest absolute Gasteiger partial charge is 0.381 e. The van der Waals surface area contributed by atoms with Crippen molar-refractivity contribution in [3.05, 3.63) is 71.9 Å². The number of hydrogen-bond acceptors (Lipinski definition) is 4. The zero-order valence-corrected chi connectivity index (χ0v) is 18.7. The number of H-pyrrole nitrogens is 1. The second-order valence-electron chi connectivity index (χ2n) is 8.83. The van der Waals surface area contributed by atoms with Crippen molar-refractivity contribution in [3.63, 3.8) is 0 Å². The molecule has 5 rings (SSSR count). The van der Waals surface area contributed by atoms with Crippen LogP contribution in [0.3, 0.4) is 0 Å². The van der Waals surface area contributed by atoms with Crippen molar-refractivity contribution >= 4 is 34.1 Å². The van der Waals surface area contributed by atoms with Crippen molar-refractivity contribution in [2.75, 3.05) is 38.3 Å². The number of rotatable bonds is 6. The van der Waals surface area contributed by atoms with Crippen LogP contribution >= 0.6 is 0 Å². The summed E-state index contributed by atoms with van der Waals surface area (Å²) < 4.78 is 5.57. The van der Waals surface area contributed by atoms with E-state index >= 15 is 0 Å². The summed E-state index contributed by atoms with van der Waals surface area (Å²) in [5.41, 5.74) is 11.3. The van der Waals surface area contributed by atoms with Crippen LogP contribution in [0.25, 0.3) is 10.9 Å². The summed E-state index contributed by atoms with van der Waals surface area (Å²) in [6.07, 6.45) is 2.32. The van der Waals surface area contributed by atoms with Crippen molar-refractivity contribution in [1.29, 1.82) is 0 Å². The second-order valence-corrected chi connectivity index (χ2v) is 8.83. The summed E-state index contributed by atoms with van der Waals surface area (Å²) in [5, 5.41) is 0.961. The molecular formula is C26H28N4O3. The minimum absolute atomic E-state index is 0.0309. The van der Waals surface area contributed by atoms with E-state index in [1.165, 1.54) is 11.6 Å². The third-order valence-corrected chi connectivity index (χ3v) is 6.89. The molecule has 170 valence electrons. The van der Waals surface area contributed by atoms with E-state index in [1.807, 2.05) is 25.2 Å². The first kappa shape index (κ1) is 21.3. The quantitative estimate of drug-likeness (QED) is 0.568. The summed E-state index contributed by atoms with van der Waals surface area (Å²) in [6.45, 7) is 6.37. The fourth-order valence-corrected chi connectivity index (χ4v) is 4.98. The normalized spacial score (nSPS) is 18.3. The number of fused-ring (bicyclic) bond motifs is 1. The molecule has 0 saturated carbocycles. The summed E-state index contributed by atoms with van der Waals surface area (Å²) in [4.78, 5) is 31.4. The van der Waals surface area contributed by atoms with Gasteiger partial charge in [-0.25, -0.2) is 0 Å². The predicted molar refractivity (Wildman–Crippen MR) is 129 cm³/mol. The number of ether oxygens (including phenoxy) is 1. The van der Waals surface area contributed by atoms with Gasteiger partial charge in [-0.3, -0.25) is 9.59 Å². The highest BCUT2D eigenvalue weighted by atomic mass is 16.5. The van der Waals surface area contributed by atoms with Gasteiger partial charge in [0.15, 0.2) is 0 Å². The molecule has 0 spiro atoms. The van der Waals surface area contributed by atoms with Crippen molar-refractivity contribution in [2.45, 2.75) is 18.3 Å². The molecule has 2 fully saturated rings. The van der Waals surface area contributed by atoms with Crippen LogP contribution in [0.4, 0.5) is 11.4 Å². The van der Waals surface area contributed by atoms with E-state index in [1.54, 1.807) is 11.0 Å². The Bertz CT molecular complexity index is 1240. The lowest BCUT2D eigenvalue weighted by Crippen LogP contribution is -2.48. The SMILES string of the molecule is C=CC(=O)N1CC(c2ccccc2N(C)c2ccc(C(N)=O)c3[nH]c([C@H]4CCOC4)cc23)C1. The summed E-state index contributed by atoms with van der Waals surface area (Å²) in [6, 6.07) is 14.1. The van der Waals surface area contributed by atoms with Gasteiger partial charge in [0.05, 0.1) is 23.4 Å². The van der Waals surface area contributed by atoms with Crippen molar-refractivity contribution < 1.29 is 14.3 Å². The number of nitrogens with zero attached hydrogens (tertiary/aromatic N) is 2. The third kappa shape index (κ3) is 3.68. The molecule has 0 aliphatic carbocycles. The highest BCUT2D eigenvalue weighted by molar-refractivity contribution is 6.09. The number of aromatic amines is 1. The monoisotopic (exact) mass is 444 g/mol. The molecule has 2 aromatic carbocycles. The minimum Gasteiger partial charge on any atom is -0.381 e. The summed E-state index contributed by atoms with van der Waals surface area (Å²) >= 11 is 0. The van der Waals surface area contributed by atoms with Gasteiger partial charge in [-0.1, -0.05) is 24.8 Å². The van der Waals surface area contributed by atoms with Gasteiger partial charge in [0.2, 0.25) is 5.91 Å². The van der Waals surface area contributed by atoms with Crippen molar-refractivity contribution in [3.8, 4) is 0 Å². The van der Waals surface area contributed by atoms with Gasteiger partial charge in [-0.05, 0) is 42.3 Å². The summed E-state index contributed by atoms with van der Waals surface area (Å²) in [7, 11) is 2.04. The van der Waals surface area contributed by atoms with E-state index < -0.39 is 5.91 Å². The molecular weight excluding hydrogens is 416 g/mol. The van der Waals surface area contributed by atoms with E-state index in [0.29, 0.717) is 25.3 Å². The van der Waals surface area contributed by atoms with Crippen LogP contribution in [-0.2, 0) is 9.53 Å². The molecule has 2 saturated heterocycles. The van der Waals surface area contributed by atoms with E-state index in [-0.39, 0.29) is 17.7 Å². The Hall–Kier alpha value is -3.58. The molecule has 3 heterocycles. The van der Waals surface area contributed by atoms with Crippen LogP contribution in [0.1, 0.15) is 39.9 Å². The molecule has 1 aromatic heterocycles. The number of nitrogens with one attached hydrogen (secondary N) is 1. The van der Waals surface area contributed by atoms with E-state index in [2.05, 4.69) is 34.7 Å². The number of primary amides is 1. The molecule has 7 nitrogen and oxygen atoms in total. The van der Waals surface area contributed by atoms with Gasteiger partial charge < -0.3 is 25.3 Å². The average Bonchev–Trinajstić information content (AvgIpc) is 3.47. The Labute approximate surface area is 192 Å². The second kappa shape index (κ2) is 8.41. The third-order valence-electron chi connectivity index (χ3n) is 6.89. The maximum absolute atomic E-state index is 12.1. The van der Waals surface area contributed by atoms with Crippen molar-refractivity contribution in [2.24, 2.45) is 5.73 Å². The van der Waals surface area contributed by atoms with Gasteiger partial charge in [-0.2, -0.15) is 0 Å². The van der Waals surface area contributed by atoms with Crippen LogP contribution in [0.15, 0.2) is 55.1 Å². The lowest BCUT2D eigenvalue weighted by atomic mass is 9.89. The Kier molecular flexibility index (Phi) is 5.42. The highest BCUT2D eigenvalue weighted by Gasteiger charge is 2.32. The lowest BCUT2D eigenvalue weighted by molar-refractivity contribution is -0.130. The number of nitrogens with two attached hydrogens (primary N) is 1. The average molecular weight is 445 g/mol. The van der Waals surface area contributed by atoms with Gasteiger partial charge in [0.25, 0.3) is 5.91 Å². The molecule has 2 amide bonds. The van der Waals surface area contributed by atoms with Gasteiger partial charge in [-0.15, -0.1) is 0 Å². The molecule has 33 heavy (non-hydrogen) atoms. The molecule has 3 aromatic rings. The molecule has 2 aliphatic rings. The number of para-hydroxylation sites is 1. The Morgan fingerprint density at radius 3 is 2.67 bits per heavy atom. The molecule has 0 bridgehead atoms. The molecule has 0 unspecified atom stereocenters. The molecule has 1 atom stereocenters. The number of benzene rings is 2. The fraction of sp³-hybridized carbons (Fsp3) is 0.308. The minimum atomic E-state index is -0.452. The van der Waals surface area contributed by atoms with Crippen molar-refractivity contribution in [1.82, 2.24) is 9.88 Å². The molecule has 0 radical (unpaired) electrons. The van der Waals surface area contributed by atoms with Crippen LogP contribution in [-0.4, -0.2) is 55.0 Å². The molecule has 3 N–H and O–H groups in total. The highest BCUT2D eigenvalue weighted by Crippen LogP contribution is 2.40. The smallest absolute Gasteiger partial charge is 0.250 e. The first-order valence-electron chi connectivity index (χ1n) is 11.2. The zero-order chi connectivity index (χ0) is 23.1. The maximum Gasteiger partial charge on any atom is 0.250 e. The van der Waals surface area contributed by atoms with E-state index in [9.17, 15) is 9.59 Å². The number of carbonyl (C=O) groups is 2. The topological polar surface area (TPSA) is 91.7 Å². The Morgan fingerprint density at radius 2 is 1.97 bits per heavy atom. The van der Waals surface area contributed by atoms with Gasteiger partial charge in [0.1, 0.15) is 0 Å². The first-order chi connectivity index (χ1) is 16.0. The van der Waals surface area contributed by atoms with E-state index in [4.69, 9.17) is 10.5 Å². The predicted octanol–water partition coefficient (Wildman–Crippen LogP) is 3.65. The van der Waals surface area contributed by atoms with Crippen LogP contribution < -0.4 is 10.6 Å². The van der Waals surface area contributed by atoms with Gasteiger partial charge in [0, 0.05) is 55.3 Å². The standard InChI is InChI=1S/C26H28N4O3/c1-3-24(31)30-13-17(14-30)18-6-4-5-7-22(18)29(2)23-9-8-19(26(27)32)25-20(23)12-21(28-25)16-10-11-33-15-16/h3-9,12,16-17,28H,1,10-11,13-15H2,2H3,(H2,27,32)/t16-/m0/s1. The molecule has 2 aliphatic heterocycles. The lowest BCUT2D eigenvalue weighted by Gasteiger charge is -2.40. The maximum atomic E-state index is 12.1. The Morgan fingerprint density at radius 1 is 1.18 bits per heavy atom. The number of amides is 2. The summed E-state index contributed by atoms with van der Waals surface area (Å²) in [5.74, 6) is 0.0704. The number of aromatic nitrogens is 1. The number of hydrogen-bond donors (Lipinski definition) is 2. The fourth-order valence-electron chi connectivity index (χ4n) is 4.98. The van der Waals surface area contributed by atoms with Crippen LogP contribution in [0.2, 0.25) is 0 Å².